The van der Waals surface area contributed by atoms with Gasteiger partial charge in [0.25, 0.3) is 0 Å². The fraction of sp³-hybridized carbons (Fsp3) is 0.364. The molecular formula is C22H28N4U. The average Bonchev–Trinajstić information content (AvgIpc) is 3.13. The van der Waals surface area contributed by atoms with E-state index in [4.69, 9.17) is 4.99 Å². The van der Waals surface area contributed by atoms with Crippen LogP contribution in [0.25, 0.3) is 5.70 Å². The van der Waals surface area contributed by atoms with Gasteiger partial charge in [0.2, 0.25) is 0 Å². The van der Waals surface area contributed by atoms with Crippen molar-refractivity contribution in [2.75, 3.05) is 25.5 Å². The molecule has 0 saturated heterocycles. The van der Waals surface area contributed by atoms with Crippen molar-refractivity contribution in [3.05, 3.63) is 58.9 Å². The largest absolute Gasteiger partial charge is 0.377 e. The summed E-state index contributed by atoms with van der Waals surface area (Å²) < 4.78 is 0. The van der Waals surface area contributed by atoms with Crippen molar-refractivity contribution in [3.63, 3.8) is 0 Å². The van der Waals surface area contributed by atoms with Crippen LogP contribution < -0.4 is 4.90 Å². The number of anilines is 1. The minimum atomic E-state index is 0. The van der Waals surface area contributed by atoms with Crippen LogP contribution in [0.5, 0.6) is 0 Å². The Morgan fingerprint density at radius 3 is 2.67 bits per heavy atom. The molecule has 0 N–H and O–H groups in total. The molecule has 0 atom stereocenters. The van der Waals surface area contributed by atoms with Crippen molar-refractivity contribution >= 4 is 23.9 Å². The van der Waals surface area contributed by atoms with Crippen molar-refractivity contribution < 1.29 is 31.1 Å². The number of benzene rings is 1. The van der Waals surface area contributed by atoms with E-state index >= 15 is 0 Å². The van der Waals surface area contributed by atoms with Crippen LogP contribution in [0.2, 0.25) is 0 Å². The standard InChI is InChI=1S/C22H28N4.U/c1-16-8-6-10-20(25(4)5)21(16)22-17(2)14-26(15-24-22)18(3)11-12-19-9-7-13-23-19;/h6,8,10,12-13,15H,3,7,9,11,14H2,1-2,4-5H3;/b19-12+;. The Bertz CT molecular complexity index is 831. The molecule has 0 spiro atoms. The molecule has 1 aromatic rings. The summed E-state index contributed by atoms with van der Waals surface area (Å²) >= 11 is 0. The quantitative estimate of drug-likeness (QED) is 0.497. The summed E-state index contributed by atoms with van der Waals surface area (Å²) in [7, 11) is 4.15. The van der Waals surface area contributed by atoms with Gasteiger partial charge in [-0.3, -0.25) is 4.99 Å². The van der Waals surface area contributed by atoms with Gasteiger partial charge in [-0.2, -0.15) is 0 Å². The predicted octanol–water partition coefficient (Wildman–Crippen LogP) is 4.79. The third-order valence-electron chi connectivity index (χ3n) is 4.87. The Balaban J connectivity index is 0.00000261. The van der Waals surface area contributed by atoms with E-state index in [0.717, 1.165) is 37.2 Å². The Morgan fingerprint density at radius 2 is 2.04 bits per heavy atom. The molecule has 27 heavy (non-hydrogen) atoms. The van der Waals surface area contributed by atoms with Gasteiger partial charge in [0, 0.05) is 87.0 Å². The molecule has 2 aliphatic heterocycles. The summed E-state index contributed by atoms with van der Waals surface area (Å²) in [6.07, 6.45) is 9.01. The molecule has 1 aromatic carbocycles. The van der Waals surface area contributed by atoms with E-state index in [1.807, 2.05) is 12.6 Å². The van der Waals surface area contributed by atoms with E-state index in [-0.39, 0.29) is 31.1 Å². The topological polar surface area (TPSA) is 31.2 Å². The molecule has 5 heteroatoms. The molecule has 0 fully saturated rings. The second-order valence-corrected chi connectivity index (χ2v) is 7.18. The van der Waals surface area contributed by atoms with Crippen LogP contribution in [0.3, 0.4) is 0 Å². The number of nitrogens with zero attached hydrogens (tertiary/aromatic N) is 4. The van der Waals surface area contributed by atoms with E-state index in [9.17, 15) is 0 Å². The maximum absolute atomic E-state index is 4.81. The van der Waals surface area contributed by atoms with Crippen LogP contribution in [0, 0.1) is 38.0 Å². The number of aryl methyl sites for hydroxylation is 1. The smallest absolute Gasteiger partial charge is 0.0957 e. The van der Waals surface area contributed by atoms with Gasteiger partial charge in [-0.05, 0) is 43.9 Å². The summed E-state index contributed by atoms with van der Waals surface area (Å²) in [4.78, 5) is 13.5. The third-order valence-corrected chi connectivity index (χ3v) is 4.87. The first-order chi connectivity index (χ1) is 12.5. The van der Waals surface area contributed by atoms with E-state index in [1.54, 1.807) is 0 Å². The molecule has 0 radical (unpaired) electrons. The van der Waals surface area contributed by atoms with Gasteiger partial charge < -0.3 is 9.80 Å². The molecule has 0 amide bonds. The molecular weight excluding hydrogens is 558 g/mol. The zero-order valence-electron chi connectivity index (χ0n) is 16.8. The van der Waals surface area contributed by atoms with Gasteiger partial charge in [0.15, 0.2) is 0 Å². The molecule has 3 rings (SSSR count). The predicted molar refractivity (Wildman–Crippen MR) is 113 cm³/mol. The molecule has 0 aromatic heterocycles. The molecule has 2 heterocycles. The Kier molecular flexibility index (Phi) is 7.70. The van der Waals surface area contributed by atoms with Crippen LogP contribution in [-0.4, -0.2) is 38.1 Å². The van der Waals surface area contributed by atoms with Gasteiger partial charge in [0.05, 0.1) is 12.0 Å². The monoisotopic (exact) mass is 586 g/mol. The number of hydrogen-bond acceptors (Lipinski definition) is 4. The first-order valence-corrected chi connectivity index (χ1v) is 9.14. The van der Waals surface area contributed by atoms with Crippen molar-refractivity contribution in [2.24, 2.45) is 9.98 Å². The third kappa shape index (κ3) is 5.03. The molecule has 140 valence electrons. The van der Waals surface area contributed by atoms with Crippen LogP contribution in [0.4, 0.5) is 5.69 Å². The van der Waals surface area contributed by atoms with E-state index in [1.165, 1.54) is 28.1 Å². The minimum Gasteiger partial charge on any atom is -0.377 e. The van der Waals surface area contributed by atoms with Gasteiger partial charge in [0.1, 0.15) is 0 Å². The van der Waals surface area contributed by atoms with Crippen molar-refractivity contribution in [1.82, 2.24) is 4.90 Å². The molecule has 0 saturated carbocycles. The molecule has 0 bridgehead atoms. The average molecular weight is 587 g/mol. The van der Waals surface area contributed by atoms with Gasteiger partial charge in [-0.15, -0.1) is 0 Å². The summed E-state index contributed by atoms with van der Waals surface area (Å²) in [5.41, 5.74) is 8.24. The molecule has 0 aliphatic carbocycles. The number of rotatable bonds is 5. The molecule has 2 aliphatic rings. The fourth-order valence-electron chi connectivity index (χ4n) is 3.38. The SMILES string of the molecule is C=C(C/C=C1\CCC=N1)N1C=NC(c2c(C)cccc2N(C)C)=C(C)C1.[U]. The summed E-state index contributed by atoms with van der Waals surface area (Å²) in [5, 5.41) is 0. The normalized spacial score (nSPS) is 17.5. The van der Waals surface area contributed by atoms with E-state index in [2.05, 4.69) is 73.6 Å². The van der Waals surface area contributed by atoms with Crippen molar-refractivity contribution in [2.45, 2.75) is 33.1 Å². The van der Waals surface area contributed by atoms with E-state index < -0.39 is 0 Å². The first-order valence-electron chi connectivity index (χ1n) is 9.14. The first kappa shape index (κ1) is 21.7. The van der Waals surface area contributed by atoms with Crippen LogP contribution in [0.1, 0.15) is 37.3 Å². The maximum atomic E-state index is 4.81. The fourth-order valence-corrected chi connectivity index (χ4v) is 3.38. The second-order valence-electron chi connectivity index (χ2n) is 7.18. The Labute approximate surface area is 186 Å². The van der Waals surface area contributed by atoms with Gasteiger partial charge >= 0.3 is 0 Å². The number of allylic oxidation sites excluding steroid dienone is 2. The number of hydrogen-bond donors (Lipinski definition) is 0. The second kappa shape index (κ2) is 9.57. The van der Waals surface area contributed by atoms with Gasteiger partial charge in [-0.1, -0.05) is 24.8 Å². The molecule has 4 nitrogen and oxygen atoms in total. The zero-order chi connectivity index (χ0) is 18.7. The zero-order valence-corrected chi connectivity index (χ0v) is 21.0. The van der Waals surface area contributed by atoms with Crippen LogP contribution >= 0.6 is 0 Å². The maximum Gasteiger partial charge on any atom is 0.0957 e. The van der Waals surface area contributed by atoms with Crippen LogP contribution in [-0.2, 0) is 0 Å². The van der Waals surface area contributed by atoms with E-state index in [0.29, 0.717) is 0 Å². The van der Waals surface area contributed by atoms with Crippen molar-refractivity contribution in [1.29, 1.82) is 0 Å². The summed E-state index contributed by atoms with van der Waals surface area (Å²) in [6, 6.07) is 6.40. The Morgan fingerprint density at radius 1 is 1.26 bits per heavy atom. The molecule has 0 unspecified atom stereocenters. The number of aliphatic imine (C=N–C) groups is 2. The van der Waals surface area contributed by atoms with Crippen molar-refractivity contribution in [3.8, 4) is 0 Å². The Hall–Kier alpha value is -1.57. The van der Waals surface area contributed by atoms with Gasteiger partial charge in [-0.25, -0.2) is 4.99 Å². The minimum absolute atomic E-state index is 0. The van der Waals surface area contributed by atoms with Crippen LogP contribution in [0.15, 0.2) is 57.8 Å². The summed E-state index contributed by atoms with van der Waals surface area (Å²) in [5.74, 6) is 0. The summed E-state index contributed by atoms with van der Waals surface area (Å²) in [6.45, 7) is 9.38.